The van der Waals surface area contributed by atoms with E-state index in [2.05, 4.69) is 22.1 Å². The lowest BCUT2D eigenvalue weighted by Crippen LogP contribution is -2.49. The van der Waals surface area contributed by atoms with Crippen LogP contribution in [-0.2, 0) is 6.54 Å². The van der Waals surface area contributed by atoms with Crippen molar-refractivity contribution in [1.29, 1.82) is 0 Å². The number of urea groups is 1. The van der Waals surface area contributed by atoms with E-state index in [0.717, 1.165) is 43.1 Å². The summed E-state index contributed by atoms with van der Waals surface area (Å²) in [5.74, 6) is 0.738. The summed E-state index contributed by atoms with van der Waals surface area (Å²) in [6.07, 6.45) is 4.57. The molecule has 144 valence electrons. The minimum Gasteiger partial charge on any atom is -0.491 e. The van der Waals surface area contributed by atoms with Crippen molar-refractivity contribution in [2.24, 2.45) is 0 Å². The molecule has 0 aliphatic carbocycles. The number of rotatable bonds is 6. The van der Waals surface area contributed by atoms with Gasteiger partial charge in [-0.25, -0.2) is 4.79 Å². The van der Waals surface area contributed by atoms with E-state index in [4.69, 9.17) is 4.74 Å². The topological polar surface area (TPSA) is 57.7 Å². The Bertz CT molecular complexity index is 743. The number of aryl methyl sites for hydroxylation is 1. The average Bonchev–Trinajstić information content (AvgIpc) is 2.69. The first kappa shape index (κ1) is 19.2. The van der Waals surface area contributed by atoms with Crippen molar-refractivity contribution in [2.45, 2.75) is 26.8 Å². The molecule has 1 aromatic carbocycles. The molecule has 1 aromatic heterocycles. The van der Waals surface area contributed by atoms with E-state index in [1.54, 1.807) is 0 Å². The van der Waals surface area contributed by atoms with Crippen molar-refractivity contribution >= 4 is 11.7 Å². The Labute approximate surface area is 161 Å². The van der Waals surface area contributed by atoms with Gasteiger partial charge in [-0.2, -0.15) is 0 Å². The summed E-state index contributed by atoms with van der Waals surface area (Å²) in [7, 11) is 0. The van der Waals surface area contributed by atoms with Gasteiger partial charge in [-0.05, 0) is 48.7 Å². The predicted molar refractivity (Wildman–Crippen MR) is 107 cm³/mol. The monoisotopic (exact) mass is 368 g/mol. The molecule has 3 rings (SSSR count). The first-order valence-electron chi connectivity index (χ1n) is 9.56. The minimum atomic E-state index is -0.0660. The van der Waals surface area contributed by atoms with Crippen LogP contribution in [0.1, 0.15) is 24.5 Å². The highest BCUT2D eigenvalue weighted by atomic mass is 16.5. The second-order valence-electron chi connectivity index (χ2n) is 6.90. The summed E-state index contributed by atoms with van der Waals surface area (Å²) in [5.41, 5.74) is 3.10. The van der Waals surface area contributed by atoms with Gasteiger partial charge in [0.15, 0.2) is 0 Å². The molecular weight excluding hydrogens is 340 g/mol. The van der Waals surface area contributed by atoms with Crippen LogP contribution in [0.15, 0.2) is 42.7 Å². The fourth-order valence-electron chi connectivity index (χ4n) is 3.11. The Balaban J connectivity index is 1.54. The van der Waals surface area contributed by atoms with Crippen LogP contribution >= 0.6 is 0 Å². The van der Waals surface area contributed by atoms with Gasteiger partial charge in [0.1, 0.15) is 5.75 Å². The van der Waals surface area contributed by atoms with Crippen LogP contribution < -0.4 is 10.1 Å². The number of ether oxygens (including phenoxy) is 1. The number of hydrogen-bond donors (Lipinski definition) is 1. The van der Waals surface area contributed by atoms with Gasteiger partial charge in [0, 0.05) is 45.1 Å². The van der Waals surface area contributed by atoms with Gasteiger partial charge in [0.05, 0.1) is 12.3 Å². The molecule has 1 saturated heterocycles. The molecule has 1 N–H and O–H groups in total. The van der Waals surface area contributed by atoms with Gasteiger partial charge in [0.25, 0.3) is 0 Å². The third kappa shape index (κ3) is 5.44. The maximum atomic E-state index is 12.7. The van der Waals surface area contributed by atoms with Gasteiger partial charge < -0.3 is 15.0 Å². The van der Waals surface area contributed by atoms with Crippen molar-refractivity contribution in [1.82, 2.24) is 14.8 Å². The molecule has 2 aromatic rings. The molecule has 2 heterocycles. The molecule has 1 aliphatic rings. The summed E-state index contributed by atoms with van der Waals surface area (Å²) >= 11 is 0. The van der Waals surface area contributed by atoms with E-state index in [1.165, 1.54) is 5.56 Å². The fourth-order valence-corrected chi connectivity index (χ4v) is 3.11. The smallest absolute Gasteiger partial charge is 0.322 e. The number of nitrogens with one attached hydrogen (secondary N) is 1. The third-order valence-corrected chi connectivity index (χ3v) is 4.66. The summed E-state index contributed by atoms with van der Waals surface area (Å²) in [6.45, 7) is 8.78. The quantitative estimate of drug-likeness (QED) is 0.847. The van der Waals surface area contributed by atoms with Crippen molar-refractivity contribution in [2.75, 3.05) is 38.1 Å². The zero-order valence-corrected chi connectivity index (χ0v) is 16.1. The molecule has 6 heteroatoms. The number of carbonyl (C=O) groups is 1. The average molecular weight is 368 g/mol. The van der Waals surface area contributed by atoms with Crippen molar-refractivity contribution in [3.05, 3.63) is 53.9 Å². The van der Waals surface area contributed by atoms with Crippen LogP contribution in [-0.4, -0.2) is 53.6 Å². The van der Waals surface area contributed by atoms with Crippen LogP contribution in [0.25, 0.3) is 0 Å². The van der Waals surface area contributed by atoms with Gasteiger partial charge >= 0.3 is 6.03 Å². The van der Waals surface area contributed by atoms with Crippen LogP contribution in [0.3, 0.4) is 0 Å². The van der Waals surface area contributed by atoms with E-state index in [-0.39, 0.29) is 6.03 Å². The highest BCUT2D eigenvalue weighted by Gasteiger charge is 2.22. The molecule has 2 amide bonds. The second kappa shape index (κ2) is 9.37. The number of hydrogen-bond acceptors (Lipinski definition) is 4. The van der Waals surface area contributed by atoms with Crippen LogP contribution in [0.2, 0.25) is 0 Å². The van der Waals surface area contributed by atoms with E-state index in [0.29, 0.717) is 19.7 Å². The largest absolute Gasteiger partial charge is 0.491 e. The van der Waals surface area contributed by atoms with Crippen LogP contribution in [0, 0.1) is 6.92 Å². The zero-order valence-electron chi connectivity index (χ0n) is 16.1. The summed E-state index contributed by atoms with van der Waals surface area (Å²) < 4.78 is 5.79. The Morgan fingerprint density at radius 2 is 1.89 bits per heavy atom. The van der Waals surface area contributed by atoms with Crippen LogP contribution in [0.4, 0.5) is 10.5 Å². The third-order valence-electron chi connectivity index (χ3n) is 4.66. The maximum Gasteiger partial charge on any atom is 0.322 e. The Morgan fingerprint density at radius 3 is 2.59 bits per heavy atom. The van der Waals surface area contributed by atoms with Gasteiger partial charge in [0.2, 0.25) is 0 Å². The lowest BCUT2D eigenvalue weighted by Gasteiger charge is -2.34. The van der Waals surface area contributed by atoms with Crippen LogP contribution in [0.5, 0.6) is 5.75 Å². The molecule has 27 heavy (non-hydrogen) atoms. The molecule has 0 saturated carbocycles. The second-order valence-corrected chi connectivity index (χ2v) is 6.90. The Hall–Kier alpha value is -2.60. The number of aromatic nitrogens is 1. The molecule has 6 nitrogen and oxygen atoms in total. The first-order valence-corrected chi connectivity index (χ1v) is 9.56. The number of piperazine rings is 1. The molecule has 0 radical (unpaired) electrons. The van der Waals surface area contributed by atoms with E-state index < -0.39 is 0 Å². The van der Waals surface area contributed by atoms with Crippen molar-refractivity contribution in [3.63, 3.8) is 0 Å². The first-order chi connectivity index (χ1) is 13.2. The molecule has 0 bridgehead atoms. The molecule has 1 aliphatic heterocycles. The standard InChI is InChI=1S/C21H28N4O2/c1-3-14-27-20-15-17(2)4-5-19(20)23-21(26)25-12-10-24(11-13-25)16-18-6-8-22-9-7-18/h4-9,15H,3,10-14,16H2,1-2H3,(H,23,26). The summed E-state index contributed by atoms with van der Waals surface area (Å²) in [6, 6.07) is 9.88. The van der Waals surface area contributed by atoms with Gasteiger partial charge in [-0.3, -0.25) is 9.88 Å². The van der Waals surface area contributed by atoms with Crippen molar-refractivity contribution in [3.8, 4) is 5.75 Å². The normalized spacial score (nSPS) is 14.8. The SMILES string of the molecule is CCCOc1cc(C)ccc1NC(=O)N1CCN(Cc2ccncc2)CC1. The van der Waals surface area contributed by atoms with E-state index >= 15 is 0 Å². The number of benzene rings is 1. The molecule has 1 fully saturated rings. The summed E-state index contributed by atoms with van der Waals surface area (Å²) in [4.78, 5) is 21.0. The highest BCUT2D eigenvalue weighted by molar-refractivity contribution is 5.91. The van der Waals surface area contributed by atoms with Gasteiger partial charge in [-0.1, -0.05) is 13.0 Å². The van der Waals surface area contributed by atoms with E-state index in [1.807, 2.05) is 54.5 Å². The lowest BCUT2D eigenvalue weighted by molar-refractivity contribution is 0.143. The number of pyridine rings is 1. The molecule has 0 spiro atoms. The van der Waals surface area contributed by atoms with Crippen molar-refractivity contribution < 1.29 is 9.53 Å². The maximum absolute atomic E-state index is 12.7. The lowest BCUT2D eigenvalue weighted by atomic mass is 10.2. The Kier molecular flexibility index (Phi) is 6.65. The molecular formula is C21H28N4O2. The summed E-state index contributed by atoms with van der Waals surface area (Å²) in [5, 5.41) is 3.02. The minimum absolute atomic E-state index is 0.0660. The number of carbonyl (C=O) groups excluding carboxylic acids is 1. The molecule has 0 atom stereocenters. The Morgan fingerprint density at radius 1 is 1.15 bits per heavy atom. The number of anilines is 1. The van der Waals surface area contributed by atoms with Gasteiger partial charge in [-0.15, -0.1) is 0 Å². The zero-order chi connectivity index (χ0) is 19.1. The van der Waals surface area contributed by atoms with E-state index in [9.17, 15) is 4.79 Å². The number of nitrogens with zero attached hydrogens (tertiary/aromatic N) is 3. The molecule has 0 unspecified atom stereocenters. The number of amides is 2. The predicted octanol–water partition coefficient (Wildman–Crippen LogP) is 3.53. The highest BCUT2D eigenvalue weighted by Crippen LogP contribution is 2.26. The fraction of sp³-hybridized carbons (Fsp3) is 0.429.